The number of rotatable bonds is 6. The number of carbonyl (C=O) groups excluding carboxylic acids is 1. The Morgan fingerprint density at radius 1 is 0.967 bits per heavy atom. The van der Waals surface area contributed by atoms with E-state index in [9.17, 15) is 13.2 Å². The zero-order valence-electron chi connectivity index (χ0n) is 15.6. The number of halogens is 1. The first kappa shape index (κ1) is 20.5. The van der Waals surface area contributed by atoms with Gasteiger partial charge in [-0.1, -0.05) is 35.9 Å². The Morgan fingerprint density at radius 3 is 2.43 bits per heavy atom. The summed E-state index contributed by atoms with van der Waals surface area (Å²) < 4.78 is 31.4. The lowest BCUT2D eigenvalue weighted by Gasteiger charge is -2.09. The predicted octanol–water partition coefficient (Wildman–Crippen LogP) is 5.39. The van der Waals surface area contributed by atoms with Crippen LogP contribution in [-0.2, 0) is 14.6 Å². The fourth-order valence-electron chi connectivity index (χ4n) is 2.87. The Bertz CT molecular complexity index is 1280. The van der Waals surface area contributed by atoms with Gasteiger partial charge in [-0.05, 0) is 48.5 Å². The number of hydrogen-bond acceptors (Lipinski definition) is 6. The lowest BCUT2D eigenvalue weighted by atomic mass is 10.2. The van der Waals surface area contributed by atoms with E-state index in [0.717, 1.165) is 15.2 Å². The molecule has 0 aliphatic rings. The van der Waals surface area contributed by atoms with Crippen molar-refractivity contribution in [2.45, 2.75) is 11.3 Å². The summed E-state index contributed by atoms with van der Waals surface area (Å²) in [4.78, 5) is 17.1. The third-order valence-electron chi connectivity index (χ3n) is 4.38. The van der Waals surface area contributed by atoms with Crippen molar-refractivity contribution in [3.8, 4) is 16.3 Å². The Labute approximate surface area is 182 Å². The molecule has 0 spiro atoms. The van der Waals surface area contributed by atoms with Crippen molar-refractivity contribution >= 4 is 49.0 Å². The van der Waals surface area contributed by atoms with Crippen LogP contribution >= 0.6 is 22.9 Å². The molecule has 0 amide bonds. The van der Waals surface area contributed by atoms with Crippen LogP contribution in [0.4, 0.5) is 0 Å². The highest BCUT2D eigenvalue weighted by molar-refractivity contribution is 7.91. The summed E-state index contributed by atoms with van der Waals surface area (Å²) >= 11 is 7.30. The summed E-state index contributed by atoms with van der Waals surface area (Å²) in [6.07, 6.45) is -0.265. The van der Waals surface area contributed by atoms with E-state index in [1.165, 1.54) is 35.6 Å². The first-order valence-corrected chi connectivity index (χ1v) is 11.9. The Hall–Kier alpha value is -2.74. The van der Waals surface area contributed by atoms with E-state index in [-0.39, 0.29) is 17.1 Å². The first-order valence-electron chi connectivity index (χ1n) is 9.06. The van der Waals surface area contributed by atoms with E-state index in [0.29, 0.717) is 16.3 Å². The van der Waals surface area contributed by atoms with Crippen LogP contribution in [0.2, 0.25) is 5.02 Å². The van der Waals surface area contributed by atoms with Gasteiger partial charge in [-0.25, -0.2) is 13.4 Å². The minimum Gasteiger partial charge on any atom is -0.426 e. The zero-order valence-corrected chi connectivity index (χ0v) is 18.0. The van der Waals surface area contributed by atoms with Crippen LogP contribution in [-0.4, -0.2) is 25.1 Å². The number of esters is 1. The number of nitrogens with zero attached hydrogens (tertiary/aromatic N) is 1. The van der Waals surface area contributed by atoms with Crippen LogP contribution in [0.3, 0.4) is 0 Å². The van der Waals surface area contributed by atoms with Gasteiger partial charge in [0.1, 0.15) is 10.8 Å². The van der Waals surface area contributed by atoms with Gasteiger partial charge < -0.3 is 4.74 Å². The van der Waals surface area contributed by atoms with Crippen molar-refractivity contribution in [2.24, 2.45) is 0 Å². The molecule has 0 aliphatic heterocycles. The summed E-state index contributed by atoms with van der Waals surface area (Å²) in [7, 11) is -3.61. The lowest BCUT2D eigenvalue weighted by molar-refractivity contribution is -0.133. The molecule has 30 heavy (non-hydrogen) atoms. The van der Waals surface area contributed by atoms with E-state index in [4.69, 9.17) is 16.3 Å². The molecule has 0 atom stereocenters. The number of para-hydroxylation sites is 2. The number of carbonyl (C=O) groups is 1. The third kappa shape index (κ3) is 4.53. The highest BCUT2D eigenvalue weighted by Crippen LogP contribution is 2.35. The highest BCUT2D eigenvalue weighted by Gasteiger charge is 2.19. The molecular weight excluding hydrogens is 442 g/mol. The molecule has 0 radical (unpaired) electrons. The average molecular weight is 458 g/mol. The molecule has 0 saturated carbocycles. The monoisotopic (exact) mass is 457 g/mol. The maximum atomic E-state index is 12.4. The number of sulfone groups is 1. The fourth-order valence-corrected chi connectivity index (χ4v) is 5.21. The summed E-state index contributed by atoms with van der Waals surface area (Å²) in [5.41, 5.74) is 1.56. The van der Waals surface area contributed by atoms with Gasteiger partial charge in [-0.15, -0.1) is 11.3 Å². The molecule has 4 rings (SSSR count). The van der Waals surface area contributed by atoms with Crippen molar-refractivity contribution in [1.29, 1.82) is 0 Å². The van der Waals surface area contributed by atoms with Crippen molar-refractivity contribution in [3.05, 3.63) is 77.8 Å². The molecule has 0 N–H and O–H groups in total. The Kier molecular flexibility index (Phi) is 5.85. The minimum atomic E-state index is -3.61. The Balaban J connectivity index is 1.49. The van der Waals surface area contributed by atoms with Crippen LogP contribution < -0.4 is 4.74 Å². The summed E-state index contributed by atoms with van der Waals surface area (Å²) in [5, 5.41) is 1.17. The molecule has 0 fully saturated rings. The number of fused-ring (bicyclic) bond motifs is 1. The number of aromatic nitrogens is 1. The van der Waals surface area contributed by atoms with E-state index in [2.05, 4.69) is 4.98 Å². The van der Waals surface area contributed by atoms with Gasteiger partial charge in [-0.2, -0.15) is 0 Å². The van der Waals surface area contributed by atoms with Crippen LogP contribution in [0.1, 0.15) is 6.42 Å². The van der Waals surface area contributed by atoms with Crippen molar-refractivity contribution in [3.63, 3.8) is 0 Å². The number of thiazole rings is 1. The molecule has 1 heterocycles. The summed E-state index contributed by atoms with van der Waals surface area (Å²) in [5.74, 6) is -0.622. The van der Waals surface area contributed by atoms with Gasteiger partial charge in [0.2, 0.25) is 0 Å². The quantitative estimate of drug-likeness (QED) is 0.287. The van der Waals surface area contributed by atoms with Gasteiger partial charge >= 0.3 is 5.97 Å². The van der Waals surface area contributed by atoms with Gasteiger partial charge in [0.15, 0.2) is 9.84 Å². The van der Waals surface area contributed by atoms with Crippen molar-refractivity contribution in [1.82, 2.24) is 4.98 Å². The van der Waals surface area contributed by atoms with Gasteiger partial charge in [0.05, 0.1) is 32.8 Å². The van der Waals surface area contributed by atoms with Crippen LogP contribution in [0, 0.1) is 0 Å². The minimum absolute atomic E-state index is 0.120. The molecule has 3 aromatic carbocycles. The predicted molar refractivity (Wildman–Crippen MR) is 119 cm³/mol. The number of benzene rings is 3. The van der Waals surface area contributed by atoms with Crippen LogP contribution in [0.15, 0.2) is 77.7 Å². The lowest BCUT2D eigenvalue weighted by Crippen LogP contribution is -2.15. The van der Waals surface area contributed by atoms with E-state index >= 15 is 0 Å². The summed E-state index contributed by atoms with van der Waals surface area (Å²) in [6, 6.07) is 20.7. The molecule has 1 aromatic heterocycles. The first-order chi connectivity index (χ1) is 14.4. The molecule has 8 heteroatoms. The maximum absolute atomic E-state index is 12.4. The zero-order chi connectivity index (χ0) is 21.1. The summed E-state index contributed by atoms with van der Waals surface area (Å²) in [6.45, 7) is 0. The molecule has 0 unspecified atom stereocenters. The average Bonchev–Trinajstić information content (AvgIpc) is 3.17. The molecule has 4 aromatic rings. The second-order valence-electron chi connectivity index (χ2n) is 6.48. The second kappa shape index (κ2) is 8.55. The highest BCUT2D eigenvalue weighted by atomic mass is 35.5. The van der Waals surface area contributed by atoms with Crippen LogP contribution in [0.5, 0.6) is 5.75 Å². The standard InChI is InChI=1S/C22H16ClNO4S2/c23-15-9-11-16(12-10-15)30(26,27)14-13-21(25)28-19-7-3-1-5-17(19)22-24-18-6-2-4-8-20(18)29-22/h1-12H,13-14H2. The maximum Gasteiger partial charge on any atom is 0.312 e. The van der Waals surface area contributed by atoms with Crippen molar-refractivity contribution < 1.29 is 17.9 Å². The van der Waals surface area contributed by atoms with Gasteiger partial charge in [0.25, 0.3) is 0 Å². The third-order valence-corrected chi connectivity index (χ3v) is 7.44. The second-order valence-corrected chi connectivity index (χ2v) is 10.1. The molecule has 0 bridgehead atoms. The van der Waals surface area contributed by atoms with Crippen LogP contribution in [0.25, 0.3) is 20.8 Å². The fraction of sp³-hybridized carbons (Fsp3) is 0.0909. The van der Waals surface area contributed by atoms with E-state index < -0.39 is 15.8 Å². The topological polar surface area (TPSA) is 73.3 Å². The van der Waals surface area contributed by atoms with Gasteiger partial charge in [0, 0.05) is 5.02 Å². The SMILES string of the molecule is O=C(CCS(=O)(=O)c1ccc(Cl)cc1)Oc1ccccc1-c1nc2ccccc2s1. The molecule has 5 nitrogen and oxygen atoms in total. The molecule has 152 valence electrons. The number of hydrogen-bond donors (Lipinski definition) is 0. The number of ether oxygens (including phenoxy) is 1. The molecule has 0 aliphatic carbocycles. The van der Waals surface area contributed by atoms with E-state index in [1.807, 2.05) is 36.4 Å². The largest absolute Gasteiger partial charge is 0.426 e. The smallest absolute Gasteiger partial charge is 0.312 e. The normalized spacial score (nSPS) is 11.5. The molecule has 0 saturated heterocycles. The Morgan fingerprint density at radius 2 is 1.67 bits per heavy atom. The molecular formula is C22H16ClNO4S2. The van der Waals surface area contributed by atoms with Crippen molar-refractivity contribution in [2.75, 3.05) is 5.75 Å². The van der Waals surface area contributed by atoms with E-state index in [1.54, 1.807) is 12.1 Å². The van der Waals surface area contributed by atoms with Gasteiger partial charge in [-0.3, -0.25) is 4.79 Å².